The highest BCUT2D eigenvalue weighted by atomic mass is 14.5. The lowest BCUT2D eigenvalue weighted by molar-refractivity contribution is 0.624. The van der Waals surface area contributed by atoms with E-state index in [0.29, 0.717) is 11.8 Å². The third-order valence-corrected chi connectivity index (χ3v) is 4.25. The van der Waals surface area contributed by atoms with Crippen molar-refractivity contribution >= 4 is 11.4 Å². The first-order valence-electron chi connectivity index (χ1n) is 6.95. The second-order valence-electron chi connectivity index (χ2n) is 5.48. The van der Waals surface area contributed by atoms with Crippen LogP contribution in [0.3, 0.4) is 0 Å². The first kappa shape index (κ1) is 12.1. The van der Waals surface area contributed by atoms with Gasteiger partial charge in [-0.25, -0.2) is 0 Å². The molecular weight excluding hydrogens is 232 g/mol. The number of hydrogen-bond donors (Lipinski definition) is 2. The molecule has 0 aliphatic heterocycles. The monoisotopic (exact) mass is 252 g/mol. The molecule has 2 aromatic carbocycles. The molecule has 1 aliphatic rings. The quantitative estimate of drug-likeness (QED) is 0.796. The van der Waals surface area contributed by atoms with Crippen LogP contribution in [0.15, 0.2) is 48.5 Å². The fourth-order valence-corrected chi connectivity index (χ4v) is 3.24. The predicted octanol–water partition coefficient (Wildman–Crippen LogP) is 3.90. The van der Waals surface area contributed by atoms with Crippen molar-refractivity contribution < 1.29 is 0 Å². The van der Waals surface area contributed by atoms with Gasteiger partial charge in [0.2, 0.25) is 0 Å². The van der Waals surface area contributed by atoms with E-state index in [1.165, 1.54) is 30.4 Å². The molecule has 1 fully saturated rings. The maximum Gasteiger partial charge on any atom is 0.0314 e. The summed E-state index contributed by atoms with van der Waals surface area (Å²) in [6.45, 7) is 0. The summed E-state index contributed by atoms with van der Waals surface area (Å²) in [5.41, 5.74) is 16.0. The number of rotatable bonds is 2. The lowest BCUT2D eigenvalue weighted by Gasteiger charge is -2.21. The molecule has 1 saturated carbocycles. The van der Waals surface area contributed by atoms with E-state index in [-0.39, 0.29) is 0 Å². The average Bonchev–Trinajstić information content (AvgIpc) is 2.90. The Bertz CT molecular complexity index is 491. The molecule has 4 N–H and O–H groups in total. The van der Waals surface area contributed by atoms with Gasteiger partial charge in [-0.1, -0.05) is 30.7 Å². The van der Waals surface area contributed by atoms with Crippen molar-refractivity contribution in [3.05, 3.63) is 59.7 Å². The third kappa shape index (κ3) is 2.43. The van der Waals surface area contributed by atoms with Gasteiger partial charge in [-0.15, -0.1) is 0 Å². The Balaban J connectivity index is 1.89. The normalized spacial score (nSPS) is 22.5. The van der Waals surface area contributed by atoms with Crippen molar-refractivity contribution in [1.29, 1.82) is 0 Å². The largest absolute Gasteiger partial charge is 0.399 e. The van der Waals surface area contributed by atoms with Crippen LogP contribution in [0.25, 0.3) is 0 Å². The Morgan fingerprint density at radius 1 is 0.632 bits per heavy atom. The minimum absolute atomic E-state index is 0.615. The molecule has 2 nitrogen and oxygen atoms in total. The highest BCUT2D eigenvalue weighted by Gasteiger charge is 2.29. The number of nitrogens with two attached hydrogens (primary N) is 2. The molecule has 1 aliphatic carbocycles. The molecule has 0 radical (unpaired) electrons. The zero-order valence-corrected chi connectivity index (χ0v) is 11.0. The number of anilines is 2. The van der Waals surface area contributed by atoms with Gasteiger partial charge in [0.05, 0.1) is 0 Å². The molecular formula is C17H20N2. The number of benzene rings is 2. The van der Waals surface area contributed by atoms with Gasteiger partial charge < -0.3 is 11.5 Å². The van der Waals surface area contributed by atoms with Crippen LogP contribution in [-0.4, -0.2) is 0 Å². The Labute approximate surface area is 114 Å². The van der Waals surface area contributed by atoms with Gasteiger partial charge in [0, 0.05) is 11.4 Å². The maximum atomic E-state index is 5.77. The first-order valence-corrected chi connectivity index (χ1v) is 6.95. The van der Waals surface area contributed by atoms with Crippen molar-refractivity contribution in [2.75, 3.05) is 11.5 Å². The zero-order chi connectivity index (χ0) is 13.2. The molecule has 3 rings (SSSR count). The van der Waals surface area contributed by atoms with Gasteiger partial charge in [-0.05, 0) is 60.1 Å². The SMILES string of the molecule is Nc1ccc(C2CCC[C@H]2c2ccc(N)cc2)cc1. The molecule has 0 amide bonds. The third-order valence-electron chi connectivity index (χ3n) is 4.25. The van der Waals surface area contributed by atoms with Crippen molar-refractivity contribution in [2.24, 2.45) is 0 Å². The second-order valence-corrected chi connectivity index (χ2v) is 5.48. The van der Waals surface area contributed by atoms with E-state index in [1.807, 2.05) is 24.3 Å². The van der Waals surface area contributed by atoms with Crippen LogP contribution in [0.5, 0.6) is 0 Å². The molecule has 0 heterocycles. The standard InChI is InChI=1S/C17H20N2/c18-14-8-4-12(5-9-14)16-2-1-3-17(16)13-6-10-15(19)11-7-13/h4-11,16-17H,1-3,18-19H2/t16-,17?/m0/s1. The van der Waals surface area contributed by atoms with E-state index >= 15 is 0 Å². The van der Waals surface area contributed by atoms with E-state index in [2.05, 4.69) is 24.3 Å². The Hall–Kier alpha value is -1.96. The van der Waals surface area contributed by atoms with Crippen LogP contribution in [-0.2, 0) is 0 Å². The van der Waals surface area contributed by atoms with Gasteiger partial charge >= 0.3 is 0 Å². The molecule has 2 atom stereocenters. The molecule has 2 heteroatoms. The summed E-state index contributed by atoms with van der Waals surface area (Å²) in [5.74, 6) is 1.23. The van der Waals surface area contributed by atoms with Gasteiger partial charge in [0.1, 0.15) is 0 Å². The molecule has 98 valence electrons. The molecule has 2 aromatic rings. The van der Waals surface area contributed by atoms with Gasteiger partial charge in [0.25, 0.3) is 0 Å². The molecule has 1 unspecified atom stereocenters. The molecule has 0 bridgehead atoms. The topological polar surface area (TPSA) is 52.0 Å². The van der Waals surface area contributed by atoms with Gasteiger partial charge in [0.15, 0.2) is 0 Å². The minimum Gasteiger partial charge on any atom is -0.399 e. The van der Waals surface area contributed by atoms with Crippen LogP contribution >= 0.6 is 0 Å². The Morgan fingerprint density at radius 3 is 1.37 bits per heavy atom. The summed E-state index contributed by atoms with van der Waals surface area (Å²) < 4.78 is 0. The Morgan fingerprint density at radius 2 is 1.00 bits per heavy atom. The average molecular weight is 252 g/mol. The minimum atomic E-state index is 0.615. The maximum absolute atomic E-state index is 5.77. The highest BCUT2D eigenvalue weighted by Crippen LogP contribution is 2.46. The molecule has 0 saturated heterocycles. The molecule has 0 spiro atoms. The predicted molar refractivity (Wildman–Crippen MR) is 81.0 cm³/mol. The van der Waals surface area contributed by atoms with Crippen LogP contribution in [0, 0.1) is 0 Å². The smallest absolute Gasteiger partial charge is 0.0314 e. The molecule has 19 heavy (non-hydrogen) atoms. The van der Waals surface area contributed by atoms with Gasteiger partial charge in [-0.3, -0.25) is 0 Å². The zero-order valence-electron chi connectivity index (χ0n) is 11.0. The summed E-state index contributed by atoms with van der Waals surface area (Å²) in [6.07, 6.45) is 3.82. The second kappa shape index (κ2) is 4.96. The van der Waals surface area contributed by atoms with Crippen LogP contribution in [0.2, 0.25) is 0 Å². The van der Waals surface area contributed by atoms with Crippen molar-refractivity contribution in [1.82, 2.24) is 0 Å². The van der Waals surface area contributed by atoms with E-state index in [0.717, 1.165) is 11.4 Å². The summed E-state index contributed by atoms with van der Waals surface area (Å²) in [4.78, 5) is 0. The van der Waals surface area contributed by atoms with E-state index in [9.17, 15) is 0 Å². The Kier molecular flexibility index (Phi) is 3.16. The van der Waals surface area contributed by atoms with Crippen molar-refractivity contribution in [2.45, 2.75) is 31.1 Å². The summed E-state index contributed by atoms with van der Waals surface area (Å²) in [5, 5.41) is 0. The highest BCUT2D eigenvalue weighted by molar-refractivity contribution is 5.44. The first-order chi connectivity index (χ1) is 9.24. The lowest BCUT2D eigenvalue weighted by Crippen LogP contribution is -2.05. The van der Waals surface area contributed by atoms with Crippen molar-refractivity contribution in [3.8, 4) is 0 Å². The van der Waals surface area contributed by atoms with Crippen LogP contribution in [0.1, 0.15) is 42.2 Å². The molecule has 0 aromatic heterocycles. The van der Waals surface area contributed by atoms with E-state index in [4.69, 9.17) is 11.5 Å². The summed E-state index contributed by atoms with van der Waals surface area (Å²) >= 11 is 0. The summed E-state index contributed by atoms with van der Waals surface area (Å²) in [6, 6.07) is 16.7. The van der Waals surface area contributed by atoms with Crippen LogP contribution in [0.4, 0.5) is 11.4 Å². The fourth-order valence-electron chi connectivity index (χ4n) is 3.24. The van der Waals surface area contributed by atoms with Gasteiger partial charge in [-0.2, -0.15) is 0 Å². The number of hydrogen-bond acceptors (Lipinski definition) is 2. The fraction of sp³-hybridized carbons (Fsp3) is 0.294. The van der Waals surface area contributed by atoms with E-state index < -0.39 is 0 Å². The summed E-state index contributed by atoms with van der Waals surface area (Å²) in [7, 11) is 0. The van der Waals surface area contributed by atoms with Crippen molar-refractivity contribution in [3.63, 3.8) is 0 Å². The van der Waals surface area contributed by atoms with Crippen LogP contribution < -0.4 is 11.5 Å². The number of nitrogen functional groups attached to an aromatic ring is 2. The van der Waals surface area contributed by atoms with E-state index in [1.54, 1.807) is 0 Å². The lowest BCUT2D eigenvalue weighted by atomic mass is 9.84.